The molecule has 146 valence electrons. The summed E-state index contributed by atoms with van der Waals surface area (Å²) >= 11 is 0. The largest absolute Gasteiger partial charge is 0.382 e. The summed E-state index contributed by atoms with van der Waals surface area (Å²) in [5.41, 5.74) is 9.48. The second-order valence-electron chi connectivity index (χ2n) is 7.15. The van der Waals surface area contributed by atoms with Gasteiger partial charge >= 0.3 is 0 Å². The van der Waals surface area contributed by atoms with Gasteiger partial charge in [-0.25, -0.2) is 15.0 Å². The van der Waals surface area contributed by atoms with Crippen LogP contribution in [-0.4, -0.2) is 50.0 Å². The van der Waals surface area contributed by atoms with Gasteiger partial charge in [0.1, 0.15) is 17.9 Å². The zero-order chi connectivity index (χ0) is 19.7. The van der Waals surface area contributed by atoms with E-state index in [9.17, 15) is 4.79 Å². The van der Waals surface area contributed by atoms with E-state index in [2.05, 4.69) is 51.5 Å². The highest BCUT2D eigenvalue weighted by atomic mass is 16.2. The van der Waals surface area contributed by atoms with Crippen LogP contribution < -0.4 is 11.1 Å². The molecule has 28 heavy (non-hydrogen) atoms. The lowest BCUT2D eigenvalue weighted by molar-refractivity contribution is -0.135. The van der Waals surface area contributed by atoms with Crippen molar-refractivity contribution in [3.63, 3.8) is 0 Å². The van der Waals surface area contributed by atoms with Crippen molar-refractivity contribution < 1.29 is 4.79 Å². The SMILES string of the molecule is CCc1ccc(C2CN(C(=O)C(C)n3cnc4c(N)ncnc43)CCN2)cc1. The van der Waals surface area contributed by atoms with E-state index in [1.165, 1.54) is 17.5 Å². The molecule has 1 aromatic carbocycles. The summed E-state index contributed by atoms with van der Waals surface area (Å²) in [5.74, 6) is 0.370. The maximum Gasteiger partial charge on any atom is 0.245 e. The van der Waals surface area contributed by atoms with Gasteiger partial charge in [0, 0.05) is 25.7 Å². The fraction of sp³-hybridized carbons (Fsp3) is 0.400. The first-order valence-corrected chi connectivity index (χ1v) is 9.62. The predicted octanol–water partition coefficient (Wildman–Crippen LogP) is 1.70. The van der Waals surface area contributed by atoms with Gasteiger partial charge in [-0.2, -0.15) is 0 Å². The lowest BCUT2D eigenvalue weighted by atomic mass is 10.0. The Hall–Kier alpha value is -3.00. The summed E-state index contributed by atoms with van der Waals surface area (Å²) in [7, 11) is 0. The predicted molar refractivity (Wildman–Crippen MR) is 108 cm³/mol. The van der Waals surface area contributed by atoms with Crippen LogP contribution >= 0.6 is 0 Å². The molecule has 2 aromatic heterocycles. The summed E-state index contributed by atoms with van der Waals surface area (Å²) in [6, 6.07) is 8.33. The Morgan fingerprint density at radius 3 is 2.82 bits per heavy atom. The van der Waals surface area contributed by atoms with E-state index in [0.717, 1.165) is 13.0 Å². The lowest BCUT2D eigenvalue weighted by Gasteiger charge is -2.35. The number of carbonyl (C=O) groups excluding carboxylic acids is 1. The van der Waals surface area contributed by atoms with Crippen LogP contribution in [0.15, 0.2) is 36.9 Å². The molecule has 3 aromatic rings. The smallest absolute Gasteiger partial charge is 0.245 e. The van der Waals surface area contributed by atoms with Gasteiger partial charge in [0.25, 0.3) is 0 Å². The Morgan fingerprint density at radius 1 is 1.29 bits per heavy atom. The van der Waals surface area contributed by atoms with E-state index < -0.39 is 6.04 Å². The van der Waals surface area contributed by atoms with Gasteiger partial charge in [0.2, 0.25) is 5.91 Å². The van der Waals surface area contributed by atoms with Crippen molar-refractivity contribution in [3.05, 3.63) is 48.0 Å². The van der Waals surface area contributed by atoms with Gasteiger partial charge in [-0.15, -0.1) is 0 Å². The number of amides is 1. The van der Waals surface area contributed by atoms with Crippen molar-refractivity contribution in [2.24, 2.45) is 0 Å². The van der Waals surface area contributed by atoms with Crippen LogP contribution in [0.4, 0.5) is 5.82 Å². The molecule has 1 fully saturated rings. The average Bonchev–Trinajstić information content (AvgIpc) is 3.18. The third-order valence-electron chi connectivity index (χ3n) is 5.44. The molecular formula is C20H25N7O. The minimum Gasteiger partial charge on any atom is -0.382 e. The molecule has 4 rings (SSSR count). The van der Waals surface area contributed by atoms with Crippen LogP contribution in [0.2, 0.25) is 0 Å². The van der Waals surface area contributed by atoms with E-state index in [4.69, 9.17) is 5.73 Å². The van der Waals surface area contributed by atoms with Crippen molar-refractivity contribution in [1.82, 2.24) is 29.7 Å². The molecule has 2 unspecified atom stereocenters. The standard InChI is InChI=1S/C20H25N7O/c1-3-14-4-6-15(7-5-14)16-10-26(9-8-22-16)20(28)13(2)27-12-25-17-18(21)23-11-24-19(17)27/h4-7,11-13,16,22H,3,8-10H2,1-2H3,(H2,21,23,24). The maximum atomic E-state index is 13.2. The summed E-state index contributed by atoms with van der Waals surface area (Å²) < 4.78 is 1.77. The minimum atomic E-state index is -0.416. The van der Waals surface area contributed by atoms with E-state index in [-0.39, 0.29) is 11.9 Å². The number of anilines is 1. The van der Waals surface area contributed by atoms with Gasteiger partial charge in [0.15, 0.2) is 11.5 Å². The minimum absolute atomic E-state index is 0.0492. The number of nitrogens with zero attached hydrogens (tertiary/aromatic N) is 5. The van der Waals surface area contributed by atoms with Gasteiger partial charge in [-0.3, -0.25) is 4.79 Å². The molecule has 0 spiro atoms. The molecule has 1 aliphatic heterocycles. The molecule has 0 saturated carbocycles. The molecule has 2 atom stereocenters. The first kappa shape index (κ1) is 18.4. The molecule has 3 N–H and O–H groups in total. The van der Waals surface area contributed by atoms with Crippen molar-refractivity contribution in [3.8, 4) is 0 Å². The Kier molecular flexibility index (Phi) is 4.95. The Bertz CT molecular complexity index is 982. The first-order valence-electron chi connectivity index (χ1n) is 9.62. The van der Waals surface area contributed by atoms with Crippen molar-refractivity contribution in [2.45, 2.75) is 32.4 Å². The third-order valence-corrected chi connectivity index (χ3v) is 5.44. The topological polar surface area (TPSA) is 102 Å². The van der Waals surface area contributed by atoms with Gasteiger partial charge in [-0.05, 0) is 24.5 Å². The zero-order valence-electron chi connectivity index (χ0n) is 16.2. The van der Waals surface area contributed by atoms with Gasteiger partial charge in [0.05, 0.1) is 6.33 Å². The molecule has 0 bridgehead atoms. The molecule has 1 aliphatic rings. The Balaban J connectivity index is 1.52. The number of nitrogens with two attached hydrogens (primary N) is 1. The summed E-state index contributed by atoms with van der Waals surface area (Å²) in [6.45, 7) is 6.09. The fourth-order valence-corrected chi connectivity index (χ4v) is 3.70. The summed E-state index contributed by atoms with van der Waals surface area (Å²) in [6.07, 6.45) is 4.03. The highest BCUT2D eigenvalue weighted by molar-refractivity contribution is 5.85. The number of imidazole rings is 1. The number of hydrogen-bond acceptors (Lipinski definition) is 6. The molecule has 1 amide bonds. The second-order valence-corrected chi connectivity index (χ2v) is 7.15. The number of carbonyl (C=O) groups is 1. The monoisotopic (exact) mass is 379 g/mol. The Labute approximate surface area is 163 Å². The highest BCUT2D eigenvalue weighted by Crippen LogP contribution is 2.23. The van der Waals surface area contributed by atoms with Crippen LogP contribution in [0.3, 0.4) is 0 Å². The normalized spacial score (nSPS) is 18.4. The van der Waals surface area contributed by atoms with E-state index in [0.29, 0.717) is 30.1 Å². The van der Waals surface area contributed by atoms with Crippen LogP contribution in [-0.2, 0) is 11.2 Å². The highest BCUT2D eigenvalue weighted by Gasteiger charge is 2.29. The molecular weight excluding hydrogens is 354 g/mol. The van der Waals surface area contributed by atoms with E-state index >= 15 is 0 Å². The number of aryl methyl sites for hydroxylation is 1. The summed E-state index contributed by atoms with van der Waals surface area (Å²) in [5, 5.41) is 3.52. The maximum absolute atomic E-state index is 13.2. The van der Waals surface area contributed by atoms with Gasteiger partial charge < -0.3 is 20.5 Å². The number of fused-ring (bicyclic) bond motifs is 1. The number of aromatic nitrogens is 4. The summed E-state index contributed by atoms with van der Waals surface area (Å²) in [4.78, 5) is 27.6. The molecule has 3 heterocycles. The van der Waals surface area contributed by atoms with Crippen molar-refractivity contribution >= 4 is 22.9 Å². The molecule has 0 radical (unpaired) electrons. The second kappa shape index (κ2) is 7.55. The van der Waals surface area contributed by atoms with Crippen molar-refractivity contribution in [1.29, 1.82) is 0 Å². The Morgan fingerprint density at radius 2 is 2.07 bits per heavy atom. The number of hydrogen-bond donors (Lipinski definition) is 2. The number of piperazine rings is 1. The van der Waals surface area contributed by atoms with E-state index in [1.807, 2.05) is 11.8 Å². The number of nitrogen functional groups attached to an aromatic ring is 1. The molecule has 8 heteroatoms. The number of benzene rings is 1. The third kappa shape index (κ3) is 3.31. The van der Waals surface area contributed by atoms with Crippen LogP contribution in [0.25, 0.3) is 11.2 Å². The fourth-order valence-electron chi connectivity index (χ4n) is 3.70. The van der Waals surface area contributed by atoms with Crippen LogP contribution in [0.1, 0.15) is 37.1 Å². The quantitative estimate of drug-likeness (QED) is 0.715. The van der Waals surface area contributed by atoms with E-state index in [1.54, 1.807) is 10.9 Å². The van der Waals surface area contributed by atoms with Crippen LogP contribution in [0, 0.1) is 0 Å². The lowest BCUT2D eigenvalue weighted by Crippen LogP contribution is -2.50. The van der Waals surface area contributed by atoms with Crippen molar-refractivity contribution in [2.75, 3.05) is 25.4 Å². The number of rotatable bonds is 4. The molecule has 8 nitrogen and oxygen atoms in total. The number of nitrogens with one attached hydrogen (secondary N) is 1. The zero-order valence-corrected chi connectivity index (χ0v) is 16.2. The molecule has 0 aliphatic carbocycles. The molecule has 1 saturated heterocycles. The average molecular weight is 379 g/mol. The van der Waals surface area contributed by atoms with Crippen LogP contribution in [0.5, 0.6) is 0 Å². The van der Waals surface area contributed by atoms with Gasteiger partial charge in [-0.1, -0.05) is 31.2 Å². The first-order chi connectivity index (χ1) is 13.6.